The summed E-state index contributed by atoms with van der Waals surface area (Å²) in [6.45, 7) is 4.36. The maximum absolute atomic E-state index is 12.4. The minimum atomic E-state index is -0.0587. The van der Waals surface area contributed by atoms with Crippen LogP contribution in [0.25, 0.3) is 17.1 Å². The SMILES string of the molecule is O=C(/C=C/c1ccc(Cl)c(Cl)c1)NC1CCC(CN2CCC(c3nc4ccccc4n3CCCO)CC2)CC1. The molecular formula is C31H38Cl2N4O2. The lowest BCUT2D eigenvalue weighted by Gasteiger charge is -2.36. The number of rotatable bonds is 9. The van der Waals surface area contributed by atoms with Crippen LogP contribution >= 0.6 is 23.2 Å². The van der Waals surface area contributed by atoms with E-state index in [9.17, 15) is 9.90 Å². The zero-order valence-corrected chi connectivity index (χ0v) is 23.9. The van der Waals surface area contributed by atoms with E-state index in [1.54, 1.807) is 24.3 Å². The van der Waals surface area contributed by atoms with E-state index in [0.29, 0.717) is 21.9 Å². The van der Waals surface area contributed by atoms with Crippen molar-refractivity contribution in [1.29, 1.82) is 0 Å². The number of carbonyl (C=O) groups excluding carboxylic acids is 1. The number of aliphatic hydroxyl groups is 1. The van der Waals surface area contributed by atoms with E-state index < -0.39 is 0 Å². The quantitative estimate of drug-likeness (QED) is 0.297. The number of aryl methyl sites for hydroxylation is 1. The second kappa shape index (κ2) is 13.3. The lowest BCUT2D eigenvalue weighted by atomic mass is 9.85. The number of aromatic nitrogens is 2. The fourth-order valence-electron chi connectivity index (χ4n) is 6.14. The van der Waals surface area contributed by atoms with Crippen molar-refractivity contribution in [2.45, 2.75) is 63.5 Å². The van der Waals surface area contributed by atoms with Crippen LogP contribution in [0.2, 0.25) is 10.0 Å². The Balaban J connectivity index is 1.06. The van der Waals surface area contributed by atoms with Gasteiger partial charge in [0.25, 0.3) is 0 Å². The summed E-state index contributed by atoms with van der Waals surface area (Å²) in [6.07, 6.45) is 10.7. The van der Waals surface area contributed by atoms with Crippen LogP contribution in [0.4, 0.5) is 0 Å². The zero-order valence-electron chi connectivity index (χ0n) is 22.4. The molecule has 3 aromatic rings. The number of nitrogens with zero attached hydrogens (tertiary/aromatic N) is 3. The molecule has 0 unspecified atom stereocenters. The first-order chi connectivity index (χ1) is 19.0. The molecule has 2 heterocycles. The van der Waals surface area contributed by atoms with E-state index in [4.69, 9.17) is 28.2 Å². The number of imidazole rings is 1. The number of likely N-dealkylation sites (tertiary alicyclic amines) is 1. The van der Waals surface area contributed by atoms with Crippen molar-refractivity contribution in [3.63, 3.8) is 0 Å². The molecule has 1 saturated heterocycles. The Kier molecular flexibility index (Phi) is 9.62. The number of halogens is 2. The summed E-state index contributed by atoms with van der Waals surface area (Å²) in [5.41, 5.74) is 3.09. The summed E-state index contributed by atoms with van der Waals surface area (Å²) < 4.78 is 2.33. The molecule has 1 aliphatic heterocycles. The summed E-state index contributed by atoms with van der Waals surface area (Å²) in [5, 5.41) is 13.6. The molecule has 0 bridgehead atoms. The number of carbonyl (C=O) groups is 1. The maximum Gasteiger partial charge on any atom is 0.244 e. The molecule has 39 heavy (non-hydrogen) atoms. The molecule has 208 valence electrons. The molecule has 2 N–H and O–H groups in total. The Hall–Kier alpha value is -2.38. The first kappa shape index (κ1) is 28.2. The Morgan fingerprint density at radius 2 is 1.79 bits per heavy atom. The number of hydrogen-bond donors (Lipinski definition) is 2. The van der Waals surface area contributed by atoms with E-state index >= 15 is 0 Å². The number of fused-ring (bicyclic) bond motifs is 1. The van der Waals surface area contributed by atoms with Gasteiger partial charge >= 0.3 is 0 Å². The number of hydrogen-bond acceptors (Lipinski definition) is 4. The second-order valence-electron chi connectivity index (χ2n) is 11.0. The molecule has 1 aliphatic carbocycles. The normalized spacial score (nSPS) is 21.1. The first-order valence-corrected chi connectivity index (χ1v) is 15.0. The number of para-hydroxylation sites is 2. The van der Waals surface area contributed by atoms with Gasteiger partial charge in [-0.05, 0) is 99.9 Å². The third kappa shape index (κ3) is 7.23. The average molecular weight is 570 g/mol. The van der Waals surface area contributed by atoms with Crippen molar-refractivity contribution in [2.75, 3.05) is 26.2 Å². The Bertz CT molecular complexity index is 1290. The highest BCUT2D eigenvalue weighted by Crippen LogP contribution is 2.32. The van der Waals surface area contributed by atoms with Crippen LogP contribution in [-0.4, -0.2) is 57.7 Å². The molecule has 6 nitrogen and oxygen atoms in total. The lowest BCUT2D eigenvalue weighted by molar-refractivity contribution is -0.117. The molecule has 2 aromatic carbocycles. The molecular weight excluding hydrogens is 531 g/mol. The van der Waals surface area contributed by atoms with Crippen molar-refractivity contribution in [2.24, 2.45) is 5.92 Å². The van der Waals surface area contributed by atoms with Crippen LogP contribution in [0, 0.1) is 5.92 Å². The van der Waals surface area contributed by atoms with Gasteiger partial charge in [0.1, 0.15) is 5.82 Å². The van der Waals surface area contributed by atoms with Gasteiger partial charge in [-0.2, -0.15) is 0 Å². The molecule has 0 atom stereocenters. The second-order valence-corrected chi connectivity index (χ2v) is 11.8. The summed E-state index contributed by atoms with van der Waals surface area (Å²) >= 11 is 12.0. The van der Waals surface area contributed by atoms with E-state index in [2.05, 4.69) is 33.0 Å². The van der Waals surface area contributed by atoms with Gasteiger partial charge in [-0.3, -0.25) is 4.79 Å². The Morgan fingerprint density at radius 1 is 1.03 bits per heavy atom. The summed E-state index contributed by atoms with van der Waals surface area (Å²) in [6, 6.07) is 13.9. The maximum atomic E-state index is 12.4. The van der Waals surface area contributed by atoms with Gasteiger partial charge in [0.2, 0.25) is 5.91 Å². The van der Waals surface area contributed by atoms with Crippen LogP contribution < -0.4 is 5.32 Å². The fraction of sp³-hybridized carbons (Fsp3) is 0.484. The van der Waals surface area contributed by atoms with E-state index in [1.165, 1.54) is 11.3 Å². The number of benzene rings is 2. The van der Waals surface area contributed by atoms with Crippen molar-refractivity contribution in [1.82, 2.24) is 19.8 Å². The molecule has 8 heteroatoms. The van der Waals surface area contributed by atoms with Gasteiger partial charge in [0.05, 0.1) is 21.1 Å². The predicted octanol–water partition coefficient (Wildman–Crippen LogP) is 6.29. The van der Waals surface area contributed by atoms with Gasteiger partial charge in [-0.15, -0.1) is 0 Å². The topological polar surface area (TPSA) is 70.4 Å². The van der Waals surface area contributed by atoms with Crippen LogP contribution in [-0.2, 0) is 11.3 Å². The van der Waals surface area contributed by atoms with Crippen LogP contribution in [0.3, 0.4) is 0 Å². The van der Waals surface area contributed by atoms with Gasteiger partial charge in [-0.1, -0.05) is 41.4 Å². The average Bonchev–Trinajstić information content (AvgIpc) is 3.32. The molecule has 0 spiro atoms. The predicted molar refractivity (Wildman–Crippen MR) is 159 cm³/mol. The highest BCUT2D eigenvalue weighted by molar-refractivity contribution is 6.42. The van der Waals surface area contributed by atoms with Gasteiger partial charge in [0, 0.05) is 37.7 Å². The minimum absolute atomic E-state index is 0.0587. The van der Waals surface area contributed by atoms with Gasteiger partial charge < -0.3 is 19.9 Å². The van der Waals surface area contributed by atoms with E-state index in [-0.39, 0.29) is 18.6 Å². The van der Waals surface area contributed by atoms with E-state index in [0.717, 1.165) is 82.2 Å². The van der Waals surface area contributed by atoms with Crippen LogP contribution in [0.5, 0.6) is 0 Å². The molecule has 2 fully saturated rings. The Morgan fingerprint density at radius 3 is 2.54 bits per heavy atom. The largest absolute Gasteiger partial charge is 0.396 e. The molecule has 1 amide bonds. The lowest BCUT2D eigenvalue weighted by Crippen LogP contribution is -2.41. The van der Waals surface area contributed by atoms with Gasteiger partial charge in [0.15, 0.2) is 0 Å². The minimum Gasteiger partial charge on any atom is -0.396 e. The number of aliphatic hydroxyl groups excluding tert-OH is 1. The molecule has 5 rings (SSSR count). The first-order valence-electron chi connectivity index (χ1n) is 14.2. The number of amides is 1. The number of nitrogens with one attached hydrogen (secondary N) is 1. The summed E-state index contributed by atoms with van der Waals surface area (Å²) in [7, 11) is 0. The van der Waals surface area contributed by atoms with Crippen molar-refractivity contribution in [3.8, 4) is 0 Å². The smallest absolute Gasteiger partial charge is 0.244 e. The highest BCUT2D eigenvalue weighted by atomic mass is 35.5. The molecule has 0 radical (unpaired) electrons. The zero-order chi connectivity index (χ0) is 27.2. The van der Waals surface area contributed by atoms with Gasteiger partial charge in [-0.25, -0.2) is 4.98 Å². The standard InChI is InChI=1S/C31H38Cl2N4O2/c32-26-12-8-22(20-27(26)33)9-13-30(39)34-25-10-6-23(7-11-25)21-36-17-14-24(15-18-36)31-35-28-4-1-2-5-29(28)37(31)16-3-19-38/h1-2,4-5,8-9,12-13,20,23-25,38H,3,6-7,10-11,14-19,21H2,(H,34,39)/b13-9+. The highest BCUT2D eigenvalue weighted by Gasteiger charge is 2.28. The monoisotopic (exact) mass is 568 g/mol. The molecule has 2 aliphatic rings. The molecule has 1 saturated carbocycles. The fourth-order valence-corrected chi connectivity index (χ4v) is 6.44. The Labute approximate surface area is 241 Å². The van der Waals surface area contributed by atoms with Crippen molar-refractivity contribution in [3.05, 3.63) is 70.0 Å². The van der Waals surface area contributed by atoms with Crippen molar-refractivity contribution < 1.29 is 9.90 Å². The third-order valence-electron chi connectivity index (χ3n) is 8.26. The summed E-state index contributed by atoms with van der Waals surface area (Å²) in [4.78, 5) is 20.1. The summed E-state index contributed by atoms with van der Waals surface area (Å²) in [5.74, 6) is 2.29. The van der Waals surface area contributed by atoms with E-state index in [1.807, 2.05) is 12.1 Å². The van der Waals surface area contributed by atoms with Crippen LogP contribution in [0.1, 0.15) is 62.3 Å². The molecule has 1 aromatic heterocycles. The van der Waals surface area contributed by atoms with Crippen LogP contribution in [0.15, 0.2) is 48.5 Å². The van der Waals surface area contributed by atoms with Crippen molar-refractivity contribution >= 4 is 46.2 Å². The third-order valence-corrected chi connectivity index (χ3v) is 9.00. The number of piperidine rings is 1.